The molecule has 2 unspecified atom stereocenters. The molecule has 0 radical (unpaired) electrons. The number of carboxylic acids is 2. The Hall–Kier alpha value is -2.74. The number of halogens is 1. The van der Waals surface area contributed by atoms with E-state index in [1.807, 2.05) is 24.3 Å². The zero-order valence-electron chi connectivity index (χ0n) is 18.2. The van der Waals surface area contributed by atoms with Crippen LogP contribution in [-0.4, -0.2) is 49.9 Å². The molecule has 0 heterocycles. The molecule has 0 aliphatic heterocycles. The lowest BCUT2D eigenvalue weighted by Gasteiger charge is -2.24. The summed E-state index contributed by atoms with van der Waals surface area (Å²) in [5, 5.41) is 38.4. The van der Waals surface area contributed by atoms with Gasteiger partial charge in [0.25, 0.3) is 0 Å². The third-order valence-electron chi connectivity index (χ3n) is 5.50. The van der Waals surface area contributed by atoms with Crippen molar-refractivity contribution in [3.05, 3.63) is 70.2 Å². The van der Waals surface area contributed by atoms with Gasteiger partial charge in [0.2, 0.25) is 0 Å². The van der Waals surface area contributed by atoms with Crippen LogP contribution in [0, 0.1) is 0 Å². The summed E-state index contributed by atoms with van der Waals surface area (Å²) in [7, 11) is 0. The zero-order valence-corrected chi connectivity index (χ0v) is 19.0. The van der Waals surface area contributed by atoms with Crippen molar-refractivity contribution in [3.63, 3.8) is 0 Å². The van der Waals surface area contributed by atoms with Gasteiger partial charge in [-0.2, -0.15) is 0 Å². The lowest BCUT2D eigenvalue weighted by Crippen LogP contribution is -2.43. The molecule has 0 amide bonds. The van der Waals surface area contributed by atoms with Crippen molar-refractivity contribution < 1.29 is 34.8 Å². The van der Waals surface area contributed by atoms with Crippen LogP contribution in [0.15, 0.2) is 48.5 Å². The van der Waals surface area contributed by atoms with Gasteiger partial charge in [0.1, 0.15) is 0 Å². The number of hydrogen-bond acceptors (Lipinski definition) is 5. The van der Waals surface area contributed by atoms with Crippen LogP contribution in [0.1, 0.15) is 66.4 Å². The number of aliphatic carboxylic acids is 2. The maximum Gasteiger partial charge on any atom is 0.336 e. The minimum Gasteiger partial charge on any atom is -0.481 e. The average molecular weight is 477 g/mol. The third-order valence-corrected chi connectivity index (χ3v) is 5.74. The van der Waals surface area contributed by atoms with Crippen molar-refractivity contribution >= 4 is 29.3 Å². The van der Waals surface area contributed by atoms with Crippen molar-refractivity contribution in [2.75, 3.05) is 0 Å². The Morgan fingerprint density at radius 1 is 0.939 bits per heavy atom. The Bertz CT molecular complexity index is 960. The molecule has 2 rings (SSSR count). The number of aryl methyl sites for hydroxylation is 1. The first-order chi connectivity index (χ1) is 15.6. The van der Waals surface area contributed by atoms with Gasteiger partial charge in [-0.1, -0.05) is 67.3 Å². The van der Waals surface area contributed by atoms with Gasteiger partial charge in [0, 0.05) is 22.6 Å². The van der Waals surface area contributed by atoms with Crippen molar-refractivity contribution in [1.29, 1.82) is 0 Å². The van der Waals surface area contributed by atoms with Crippen LogP contribution < -0.4 is 0 Å². The van der Waals surface area contributed by atoms with Gasteiger partial charge in [-0.15, -0.1) is 0 Å². The molecule has 0 saturated heterocycles. The summed E-state index contributed by atoms with van der Waals surface area (Å²) in [4.78, 5) is 34.8. The van der Waals surface area contributed by atoms with Crippen molar-refractivity contribution in [3.8, 4) is 0 Å². The number of rotatable bonds is 14. The second-order valence-electron chi connectivity index (χ2n) is 8.21. The lowest BCUT2D eigenvalue weighted by atomic mass is 9.90. The molecular formula is C25H29ClO7. The molecule has 0 aliphatic carbocycles. The van der Waals surface area contributed by atoms with E-state index in [0.717, 1.165) is 24.8 Å². The van der Waals surface area contributed by atoms with Gasteiger partial charge in [-0.25, -0.2) is 4.79 Å². The zero-order chi connectivity index (χ0) is 24.4. The molecular weight excluding hydrogens is 448 g/mol. The highest BCUT2D eigenvalue weighted by molar-refractivity contribution is 6.31. The first kappa shape index (κ1) is 26.5. The Labute approximate surface area is 197 Å². The fourth-order valence-corrected chi connectivity index (χ4v) is 3.92. The Kier molecular flexibility index (Phi) is 10.0. The SMILES string of the molecule is O=C(O)CC(O)(CC(O)CCCCCCc1ccc(Cl)cc1C(=O)c1ccccc1)C(=O)O. The van der Waals surface area contributed by atoms with E-state index in [1.165, 1.54) is 0 Å². The first-order valence-electron chi connectivity index (χ1n) is 10.9. The standard InChI is InChI=1S/C25H29ClO7/c26-19-13-12-17(21(14-19)23(30)18-9-5-3-6-10-18)8-4-1-2-7-11-20(27)15-25(33,24(31)32)16-22(28)29/h3,5-6,9-10,12-14,20,27,33H,1-2,4,7-8,11,15-16H2,(H,28,29)(H,31,32). The molecule has 0 bridgehead atoms. The second kappa shape index (κ2) is 12.5. The number of aliphatic hydroxyl groups is 2. The van der Waals surface area contributed by atoms with E-state index in [1.54, 1.807) is 24.3 Å². The van der Waals surface area contributed by atoms with E-state index >= 15 is 0 Å². The van der Waals surface area contributed by atoms with Crippen LogP contribution >= 0.6 is 11.6 Å². The predicted molar refractivity (Wildman–Crippen MR) is 124 cm³/mol. The lowest BCUT2D eigenvalue weighted by molar-refractivity contribution is -0.168. The fraction of sp³-hybridized carbons (Fsp3) is 0.400. The van der Waals surface area contributed by atoms with Crippen LogP contribution in [0.3, 0.4) is 0 Å². The number of benzene rings is 2. The number of carbonyl (C=O) groups is 3. The summed E-state index contributed by atoms with van der Waals surface area (Å²) < 4.78 is 0. The van der Waals surface area contributed by atoms with Gasteiger partial charge in [0.05, 0.1) is 12.5 Å². The summed E-state index contributed by atoms with van der Waals surface area (Å²) in [6.45, 7) is 0. The van der Waals surface area contributed by atoms with E-state index in [-0.39, 0.29) is 12.2 Å². The smallest absolute Gasteiger partial charge is 0.336 e. The fourth-order valence-electron chi connectivity index (χ4n) is 3.75. The third kappa shape index (κ3) is 8.28. The first-order valence-corrected chi connectivity index (χ1v) is 11.2. The number of carboxylic acid groups (broad SMARTS) is 2. The van der Waals surface area contributed by atoms with Crippen LogP contribution in [0.2, 0.25) is 5.02 Å². The Morgan fingerprint density at radius 2 is 1.61 bits per heavy atom. The molecule has 0 aliphatic rings. The topological polar surface area (TPSA) is 132 Å². The molecule has 8 heteroatoms. The summed E-state index contributed by atoms with van der Waals surface area (Å²) in [6.07, 6.45) is 1.32. The van der Waals surface area contributed by atoms with E-state index in [9.17, 15) is 24.6 Å². The highest BCUT2D eigenvalue weighted by Gasteiger charge is 2.40. The molecule has 0 spiro atoms. The maximum absolute atomic E-state index is 12.9. The maximum atomic E-state index is 12.9. The van der Waals surface area contributed by atoms with Crippen LogP contribution in [-0.2, 0) is 16.0 Å². The molecule has 178 valence electrons. The Morgan fingerprint density at radius 3 is 2.24 bits per heavy atom. The molecule has 2 aromatic carbocycles. The Balaban J connectivity index is 1.82. The van der Waals surface area contributed by atoms with E-state index in [0.29, 0.717) is 29.0 Å². The molecule has 4 N–H and O–H groups in total. The van der Waals surface area contributed by atoms with E-state index < -0.39 is 36.5 Å². The summed E-state index contributed by atoms with van der Waals surface area (Å²) in [5.74, 6) is -3.18. The van der Waals surface area contributed by atoms with Gasteiger partial charge in [-0.05, 0) is 37.0 Å². The second-order valence-corrected chi connectivity index (χ2v) is 8.65. The van der Waals surface area contributed by atoms with Gasteiger partial charge < -0.3 is 20.4 Å². The van der Waals surface area contributed by atoms with Gasteiger partial charge in [-0.3, -0.25) is 9.59 Å². The van der Waals surface area contributed by atoms with E-state index in [2.05, 4.69) is 0 Å². The molecule has 33 heavy (non-hydrogen) atoms. The molecule has 0 fully saturated rings. The average Bonchev–Trinajstić information content (AvgIpc) is 2.76. The summed E-state index contributed by atoms with van der Waals surface area (Å²) in [6, 6.07) is 14.3. The monoisotopic (exact) mass is 476 g/mol. The molecule has 2 atom stereocenters. The number of unbranched alkanes of at least 4 members (excludes halogenated alkanes) is 3. The number of aliphatic hydroxyl groups excluding tert-OH is 1. The minimum absolute atomic E-state index is 0.0801. The molecule has 7 nitrogen and oxygen atoms in total. The largest absolute Gasteiger partial charge is 0.481 e. The van der Waals surface area contributed by atoms with Crippen molar-refractivity contribution in [2.45, 2.75) is 63.1 Å². The highest BCUT2D eigenvalue weighted by atomic mass is 35.5. The highest BCUT2D eigenvalue weighted by Crippen LogP contribution is 2.23. The van der Waals surface area contributed by atoms with Crippen LogP contribution in [0.4, 0.5) is 0 Å². The van der Waals surface area contributed by atoms with Gasteiger partial charge >= 0.3 is 11.9 Å². The van der Waals surface area contributed by atoms with Gasteiger partial charge in [0.15, 0.2) is 11.4 Å². The summed E-state index contributed by atoms with van der Waals surface area (Å²) in [5.41, 5.74) is -0.398. The number of carbonyl (C=O) groups excluding carboxylic acids is 1. The van der Waals surface area contributed by atoms with Crippen molar-refractivity contribution in [1.82, 2.24) is 0 Å². The number of hydrogen-bond donors (Lipinski definition) is 4. The van der Waals surface area contributed by atoms with E-state index in [4.69, 9.17) is 21.8 Å². The van der Waals surface area contributed by atoms with Crippen LogP contribution in [0.5, 0.6) is 0 Å². The van der Waals surface area contributed by atoms with Crippen LogP contribution in [0.25, 0.3) is 0 Å². The predicted octanol–water partition coefficient (Wildman–Crippen LogP) is 4.11. The van der Waals surface area contributed by atoms with Crippen molar-refractivity contribution in [2.24, 2.45) is 0 Å². The minimum atomic E-state index is -2.48. The normalized spacial score (nSPS) is 13.8. The summed E-state index contributed by atoms with van der Waals surface area (Å²) >= 11 is 6.11. The number of ketones is 1. The molecule has 2 aromatic rings. The molecule has 0 aromatic heterocycles. The molecule has 0 saturated carbocycles. The quantitative estimate of drug-likeness (QED) is 0.238.